The van der Waals surface area contributed by atoms with Crippen molar-refractivity contribution in [1.29, 1.82) is 5.26 Å². The van der Waals surface area contributed by atoms with Gasteiger partial charge in [-0.25, -0.2) is 15.0 Å². The number of nitrogens with zero attached hydrogens (tertiary/aromatic N) is 8. The first-order valence-corrected chi connectivity index (χ1v) is 11.6. The molecular formula is C25H27N9. The van der Waals surface area contributed by atoms with Gasteiger partial charge in [0.25, 0.3) is 0 Å². The zero-order valence-electron chi connectivity index (χ0n) is 19.7. The molecule has 34 heavy (non-hydrogen) atoms. The number of nitriles is 1. The largest absolute Gasteiger partial charge is 0.353 e. The summed E-state index contributed by atoms with van der Waals surface area (Å²) >= 11 is 0. The van der Waals surface area contributed by atoms with Gasteiger partial charge in [-0.05, 0) is 49.6 Å². The Balaban J connectivity index is 1.50. The number of aryl methyl sites for hydroxylation is 3. The van der Waals surface area contributed by atoms with Crippen LogP contribution in [0.4, 0.5) is 17.5 Å². The third-order valence-electron chi connectivity index (χ3n) is 6.19. The van der Waals surface area contributed by atoms with E-state index in [2.05, 4.69) is 50.5 Å². The summed E-state index contributed by atoms with van der Waals surface area (Å²) in [5, 5.41) is 21.9. The molecule has 0 aliphatic carbocycles. The maximum Gasteiger partial charge on any atom is 0.227 e. The van der Waals surface area contributed by atoms with Crippen LogP contribution in [0.2, 0.25) is 0 Å². The summed E-state index contributed by atoms with van der Waals surface area (Å²) in [6.45, 7) is 5.62. The third kappa shape index (κ3) is 4.15. The standard InChI is InChI=1S/C25H27N9/c1-4-5-18-11-19(23-32-28-15-33(23)3)6-7-21(18)30-25-27-13-20-10-16(2)29-24(22(20)31-25)34-9-8-17(12-26)14-34/h6-7,10-11,13,15,17H,4-5,8-9,14H2,1-3H3,(H,27,30,31). The Morgan fingerprint density at radius 1 is 1.24 bits per heavy atom. The highest BCUT2D eigenvalue weighted by molar-refractivity contribution is 5.89. The van der Waals surface area contributed by atoms with Gasteiger partial charge in [0.05, 0.1) is 12.0 Å². The Morgan fingerprint density at radius 3 is 2.85 bits per heavy atom. The minimum Gasteiger partial charge on any atom is -0.353 e. The SMILES string of the molecule is CCCc1cc(-c2nncn2C)ccc1Nc1ncc2cc(C)nc(N3CCC(C#N)C3)c2n1. The molecule has 0 saturated carbocycles. The highest BCUT2D eigenvalue weighted by Crippen LogP contribution is 2.31. The number of rotatable bonds is 6. The van der Waals surface area contributed by atoms with Crippen molar-refractivity contribution in [3.8, 4) is 17.5 Å². The minimum atomic E-state index is 0.0285. The lowest BCUT2D eigenvalue weighted by Crippen LogP contribution is -2.21. The van der Waals surface area contributed by atoms with Crippen LogP contribution < -0.4 is 10.2 Å². The van der Waals surface area contributed by atoms with Crippen LogP contribution in [0.1, 0.15) is 31.0 Å². The van der Waals surface area contributed by atoms with E-state index in [1.807, 2.05) is 36.9 Å². The quantitative estimate of drug-likeness (QED) is 0.463. The first kappa shape index (κ1) is 21.8. The number of fused-ring (bicyclic) bond motifs is 1. The van der Waals surface area contributed by atoms with Crippen LogP contribution in [0.15, 0.2) is 36.8 Å². The molecule has 1 unspecified atom stereocenters. The van der Waals surface area contributed by atoms with Gasteiger partial charge in [0.1, 0.15) is 11.8 Å². The number of nitrogens with one attached hydrogen (secondary N) is 1. The molecular weight excluding hydrogens is 426 g/mol. The molecule has 0 amide bonds. The van der Waals surface area contributed by atoms with Crippen molar-refractivity contribution in [2.75, 3.05) is 23.3 Å². The molecule has 1 aliphatic heterocycles. The Morgan fingerprint density at radius 2 is 2.12 bits per heavy atom. The highest BCUT2D eigenvalue weighted by Gasteiger charge is 2.25. The molecule has 1 aliphatic rings. The monoisotopic (exact) mass is 453 g/mol. The molecule has 0 bridgehead atoms. The molecule has 1 N–H and O–H groups in total. The summed E-state index contributed by atoms with van der Waals surface area (Å²) in [6, 6.07) is 10.6. The molecule has 4 aromatic rings. The number of pyridine rings is 1. The topological polar surface area (TPSA) is 108 Å². The summed E-state index contributed by atoms with van der Waals surface area (Å²) < 4.78 is 1.91. The van der Waals surface area contributed by atoms with Crippen molar-refractivity contribution in [1.82, 2.24) is 29.7 Å². The zero-order chi connectivity index (χ0) is 23.7. The predicted octanol–water partition coefficient (Wildman–Crippen LogP) is 4.17. The van der Waals surface area contributed by atoms with Gasteiger partial charge in [-0.1, -0.05) is 13.3 Å². The lowest BCUT2D eigenvalue weighted by Gasteiger charge is -2.19. The predicted molar refractivity (Wildman–Crippen MR) is 132 cm³/mol. The molecule has 172 valence electrons. The van der Waals surface area contributed by atoms with Crippen LogP contribution in [0, 0.1) is 24.2 Å². The number of aromatic nitrogens is 6. The van der Waals surface area contributed by atoms with E-state index >= 15 is 0 Å². The first-order valence-electron chi connectivity index (χ1n) is 11.6. The second kappa shape index (κ2) is 9.06. The van der Waals surface area contributed by atoms with Crippen LogP contribution >= 0.6 is 0 Å². The number of hydrogen-bond donors (Lipinski definition) is 1. The summed E-state index contributed by atoms with van der Waals surface area (Å²) in [4.78, 5) is 16.4. The van der Waals surface area contributed by atoms with Gasteiger partial charge in [0.2, 0.25) is 5.95 Å². The average Bonchev–Trinajstić information content (AvgIpc) is 3.49. The fraction of sp³-hybridized carbons (Fsp3) is 0.360. The van der Waals surface area contributed by atoms with Crippen LogP contribution in [0.25, 0.3) is 22.3 Å². The molecule has 9 heteroatoms. The third-order valence-corrected chi connectivity index (χ3v) is 6.19. The van der Waals surface area contributed by atoms with Crippen LogP contribution in [0.5, 0.6) is 0 Å². The van der Waals surface area contributed by atoms with E-state index in [9.17, 15) is 5.26 Å². The highest BCUT2D eigenvalue weighted by atomic mass is 15.2. The summed E-state index contributed by atoms with van der Waals surface area (Å²) in [5.41, 5.74) is 4.88. The lowest BCUT2D eigenvalue weighted by atomic mass is 10.0. The van der Waals surface area contributed by atoms with Gasteiger partial charge in [-0.15, -0.1) is 10.2 Å². The molecule has 1 aromatic carbocycles. The van der Waals surface area contributed by atoms with Crippen molar-refractivity contribution in [3.05, 3.63) is 48.0 Å². The van der Waals surface area contributed by atoms with Crippen molar-refractivity contribution >= 4 is 28.4 Å². The Kier molecular flexibility index (Phi) is 5.80. The summed E-state index contributed by atoms with van der Waals surface area (Å²) in [5.74, 6) is 2.21. The Bertz CT molecular complexity index is 1390. The first-order chi connectivity index (χ1) is 16.6. The number of hydrogen-bond acceptors (Lipinski definition) is 8. The van der Waals surface area contributed by atoms with E-state index in [-0.39, 0.29) is 5.92 Å². The molecule has 1 saturated heterocycles. The normalized spacial score (nSPS) is 15.6. The van der Waals surface area contributed by atoms with Crippen molar-refractivity contribution in [3.63, 3.8) is 0 Å². The van der Waals surface area contributed by atoms with Gasteiger partial charge >= 0.3 is 0 Å². The van der Waals surface area contributed by atoms with Gasteiger partial charge < -0.3 is 14.8 Å². The Hall–Kier alpha value is -4.06. The molecule has 5 rings (SSSR count). The van der Waals surface area contributed by atoms with E-state index in [4.69, 9.17) is 9.97 Å². The van der Waals surface area contributed by atoms with E-state index < -0.39 is 0 Å². The molecule has 1 fully saturated rings. The minimum absolute atomic E-state index is 0.0285. The van der Waals surface area contributed by atoms with Gasteiger partial charge in [0, 0.05) is 48.7 Å². The van der Waals surface area contributed by atoms with E-state index in [1.165, 1.54) is 5.56 Å². The van der Waals surface area contributed by atoms with Crippen LogP contribution in [0.3, 0.4) is 0 Å². The smallest absolute Gasteiger partial charge is 0.227 e. The van der Waals surface area contributed by atoms with Gasteiger partial charge in [0.15, 0.2) is 11.6 Å². The summed E-state index contributed by atoms with van der Waals surface area (Å²) in [7, 11) is 1.94. The lowest BCUT2D eigenvalue weighted by molar-refractivity contribution is 0.754. The maximum atomic E-state index is 9.33. The fourth-order valence-electron chi connectivity index (χ4n) is 4.49. The molecule has 3 aromatic heterocycles. The van der Waals surface area contributed by atoms with Crippen molar-refractivity contribution in [2.45, 2.75) is 33.1 Å². The van der Waals surface area contributed by atoms with Crippen molar-refractivity contribution in [2.24, 2.45) is 13.0 Å². The Labute approximate surface area is 198 Å². The number of anilines is 3. The maximum absolute atomic E-state index is 9.33. The van der Waals surface area contributed by atoms with E-state index in [1.54, 1.807) is 6.33 Å². The van der Waals surface area contributed by atoms with E-state index in [0.717, 1.165) is 65.3 Å². The average molecular weight is 454 g/mol. The second-order valence-corrected chi connectivity index (χ2v) is 8.79. The van der Waals surface area contributed by atoms with Crippen LogP contribution in [-0.4, -0.2) is 42.8 Å². The zero-order valence-corrected chi connectivity index (χ0v) is 19.7. The molecule has 4 heterocycles. The van der Waals surface area contributed by atoms with Gasteiger partial charge in [-0.2, -0.15) is 5.26 Å². The summed E-state index contributed by atoms with van der Waals surface area (Å²) in [6.07, 6.45) is 6.32. The number of benzene rings is 1. The second-order valence-electron chi connectivity index (χ2n) is 8.79. The van der Waals surface area contributed by atoms with Crippen molar-refractivity contribution < 1.29 is 0 Å². The molecule has 1 atom stereocenters. The van der Waals surface area contributed by atoms with Gasteiger partial charge in [-0.3, -0.25) is 0 Å². The molecule has 9 nitrogen and oxygen atoms in total. The molecule has 0 radical (unpaired) electrons. The van der Waals surface area contributed by atoms with Crippen LogP contribution in [-0.2, 0) is 13.5 Å². The fourth-order valence-corrected chi connectivity index (χ4v) is 4.49. The van der Waals surface area contributed by atoms with E-state index in [0.29, 0.717) is 12.5 Å². The molecule has 0 spiro atoms.